The molecule has 1 atom stereocenters. The average molecular weight is 402 g/mol. The van der Waals surface area contributed by atoms with Crippen LogP contribution in [0.3, 0.4) is 0 Å². The molecule has 0 bridgehead atoms. The summed E-state index contributed by atoms with van der Waals surface area (Å²) in [6.07, 6.45) is 1.06. The second kappa shape index (κ2) is 9.88. The summed E-state index contributed by atoms with van der Waals surface area (Å²) in [4.78, 5) is 24.8. The normalized spacial score (nSPS) is 11.6. The van der Waals surface area contributed by atoms with Gasteiger partial charge in [0.25, 0.3) is 5.91 Å². The Balaban J connectivity index is 1.62. The minimum absolute atomic E-state index is 0.339. The van der Waals surface area contributed by atoms with Gasteiger partial charge in [-0.2, -0.15) is 0 Å². The number of nitrogens with one attached hydrogen (secondary N) is 1. The van der Waals surface area contributed by atoms with Gasteiger partial charge in [0.05, 0.1) is 5.56 Å². The standard InChI is InChI=1S/C26H27NO3/c1-4-19(3)20-13-15-22(16-14-20)27-25(28)17-30-26(29)24-8-6-5-7-23(24)21-11-9-18(2)10-12-21/h5-16,19H,4,17H2,1-3H3,(H,27,28)/t19-/m1/s1. The maximum absolute atomic E-state index is 12.6. The molecule has 1 N–H and O–H groups in total. The third-order valence-electron chi connectivity index (χ3n) is 5.22. The first-order valence-electron chi connectivity index (χ1n) is 10.2. The molecule has 0 aliphatic heterocycles. The second-order valence-electron chi connectivity index (χ2n) is 7.47. The van der Waals surface area contributed by atoms with Gasteiger partial charge in [-0.1, -0.05) is 74.0 Å². The third-order valence-corrected chi connectivity index (χ3v) is 5.22. The molecule has 3 aromatic carbocycles. The number of aryl methyl sites for hydroxylation is 1. The summed E-state index contributed by atoms with van der Waals surface area (Å²) in [5.74, 6) is -0.412. The van der Waals surface area contributed by atoms with Crippen molar-refractivity contribution in [1.29, 1.82) is 0 Å². The number of hydrogen-bond donors (Lipinski definition) is 1. The van der Waals surface area contributed by atoms with Crippen molar-refractivity contribution >= 4 is 17.6 Å². The molecule has 3 rings (SSSR count). The summed E-state index contributed by atoms with van der Waals surface area (Å²) in [7, 11) is 0. The molecule has 30 heavy (non-hydrogen) atoms. The highest BCUT2D eigenvalue weighted by molar-refractivity contribution is 5.99. The van der Waals surface area contributed by atoms with Crippen molar-refractivity contribution in [3.8, 4) is 11.1 Å². The van der Waals surface area contributed by atoms with E-state index in [4.69, 9.17) is 4.74 Å². The first kappa shape index (κ1) is 21.3. The van der Waals surface area contributed by atoms with Gasteiger partial charge < -0.3 is 10.1 Å². The molecule has 0 aliphatic rings. The molecule has 0 radical (unpaired) electrons. The SMILES string of the molecule is CC[C@@H](C)c1ccc(NC(=O)COC(=O)c2ccccc2-c2ccc(C)cc2)cc1. The molecule has 0 unspecified atom stereocenters. The lowest BCUT2D eigenvalue weighted by atomic mass is 9.99. The van der Waals surface area contributed by atoms with E-state index in [9.17, 15) is 9.59 Å². The molecule has 0 heterocycles. The van der Waals surface area contributed by atoms with Gasteiger partial charge in [0.15, 0.2) is 6.61 Å². The summed E-state index contributed by atoms with van der Waals surface area (Å²) in [5.41, 5.74) is 5.21. The van der Waals surface area contributed by atoms with Crippen molar-refractivity contribution in [1.82, 2.24) is 0 Å². The fraction of sp³-hybridized carbons (Fsp3) is 0.231. The predicted molar refractivity (Wildman–Crippen MR) is 121 cm³/mol. The molecular formula is C26H27NO3. The topological polar surface area (TPSA) is 55.4 Å². The molecule has 0 fully saturated rings. The van der Waals surface area contributed by atoms with Crippen LogP contribution in [0.25, 0.3) is 11.1 Å². The van der Waals surface area contributed by atoms with E-state index in [1.165, 1.54) is 5.56 Å². The van der Waals surface area contributed by atoms with Crippen LogP contribution in [-0.2, 0) is 9.53 Å². The average Bonchev–Trinajstić information content (AvgIpc) is 2.78. The Hall–Kier alpha value is -3.40. The fourth-order valence-electron chi connectivity index (χ4n) is 3.18. The number of esters is 1. The van der Waals surface area contributed by atoms with Crippen LogP contribution >= 0.6 is 0 Å². The highest BCUT2D eigenvalue weighted by Gasteiger charge is 2.15. The number of carbonyl (C=O) groups excluding carboxylic acids is 2. The number of benzene rings is 3. The summed E-state index contributed by atoms with van der Waals surface area (Å²) in [5, 5.41) is 2.77. The molecule has 0 saturated heterocycles. The smallest absolute Gasteiger partial charge is 0.339 e. The Morgan fingerprint density at radius 1 is 0.933 bits per heavy atom. The van der Waals surface area contributed by atoms with Gasteiger partial charge in [0.2, 0.25) is 0 Å². The molecule has 0 spiro atoms. The van der Waals surface area contributed by atoms with Gasteiger partial charge in [0.1, 0.15) is 0 Å². The summed E-state index contributed by atoms with van der Waals surface area (Å²) in [6.45, 7) is 5.99. The number of anilines is 1. The van der Waals surface area contributed by atoms with Crippen LogP contribution in [0.15, 0.2) is 72.8 Å². The zero-order chi connectivity index (χ0) is 21.5. The Morgan fingerprint density at radius 2 is 1.60 bits per heavy atom. The Morgan fingerprint density at radius 3 is 2.27 bits per heavy atom. The van der Waals surface area contributed by atoms with Gasteiger partial charge in [-0.3, -0.25) is 4.79 Å². The second-order valence-corrected chi connectivity index (χ2v) is 7.47. The van der Waals surface area contributed by atoms with Crippen LogP contribution in [0.2, 0.25) is 0 Å². The number of amides is 1. The molecule has 1 amide bonds. The van der Waals surface area contributed by atoms with E-state index < -0.39 is 5.97 Å². The molecule has 0 saturated carbocycles. The number of carbonyl (C=O) groups is 2. The first-order chi connectivity index (χ1) is 14.5. The van der Waals surface area contributed by atoms with Crippen molar-refractivity contribution < 1.29 is 14.3 Å². The van der Waals surface area contributed by atoms with E-state index in [1.807, 2.05) is 67.6 Å². The lowest BCUT2D eigenvalue weighted by molar-refractivity contribution is -0.119. The number of rotatable bonds is 7. The molecule has 0 aliphatic carbocycles. The monoisotopic (exact) mass is 401 g/mol. The van der Waals surface area contributed by atoms with Crippen LogP contribution in [0.1, 0.15) is 47.7 Å². The Bertz CT molecular complexity index is 1010. The van der Waals surface area contributed by atoms with E-state index in [0.717, 1.165) is 23.1 Å². The van der Waals surface area contributed by atoms with E-state index in [1.54, 1.807) is 12.1 Å². The maximum Gasteiger partial charge on any atom is 0.339 e. The molecule has 4 heteroatoms. The molecular weight excluding hydrogens is 374 g/mol. The Labute approximate surface area is 177 Å². The lowest BCUT2D eigenvalue weighted by Gasteiger charge is -2.12. The predicted octanol–water partition coefficient (Wildman–Crippen LogP) is 5.97. The molecule has 4 nitrogen and oxygen atoms in total. The Kier molecular flexibility index (Phi) is 7.02. The molecule has 154 valence electrons. The third kappa shape index (κ3) is 5.35. The minimum atomic E-state index is -0.520. The quantitative estimate of drug-likeness (QED) is 0.496. The van der Waals surface area contributed by atoms with Crippen molar-refractivity contribution in [2.45, 2.75) is 33.1 Å². The van der Waals surface area contributed by atoms with E-state index in [-0.39, 0.29) is 12.5 Å². The van der Waals surface area contributed by atoms with Crippen LogP contribution in [0, 0.1) is 6.92 Å². The highest BCUT2D eigenvalue weighted by atomic mass is 16.5. The number of ether oxygens (including phenoxy) is 1. The minimum Gasteiger partial charge on any atom is -0.452 e. The van der Waals surface area contributed by atoms with Gasteiger partial charge in [0, 0.05) is 5.69 Å². The number of hydrogen-bond acceptors (Lipinski definition) is 3. The van der Waals surface area contributed by atoms with Crippen molar-refractivity contribution in [2.24, 2.45) is 0 Å². The summed E-state index contributed by atoms with van der Waals surface area (Å²) < 4.78 is 5.28. The fourth-order valence-corrected chi connectivity index (χ4v) is 3.18. The highest BCUT2D eigenvalue weighted by Crippen LogP contribution is 2.25. The van der Waals surface area contributed by atoms with Crippen LogP contribution in [-0.4, -0.2) is 18.5 Å². The van der Waals surface area contributed by atoms with Gasteiger partial charge >= 0.3 is 5.97 Å². The first-order valence-corrected chi connectivity index (χ1v) is 10.2. The van der Waals surface area contributed by atoms with E-state index >= 15 is 0 Å². The van der Waals surface area contributed by atoms with Crippen molar-refractivity contribution in [2.75, 3.05) is 11.9 Å². The van der Waals surface area contributed by atoms with Gasteiger partial charge in [-0.25, -0.2) is 4.79 Å². The van der Waals surface area contributed by atoms with E-state index in [2.05, 4.69) is 19.2 Å². The zero-order valence-corrected chi connectivity index (χ0v) is 17.6. The summed E-state index contributed by atoms with van der Waals surface area (Å²) >= 11 is 0. The van der Waals surface area contributed by atoms with Gasteiger partial charge in [-0.15, -0.1) is 0 Å². The zero-order valence-electron chi connectivity index (χ0n) is 17.6. The van der Waals surface area contributed by atoms with Gasteiger partial charge in [-0.05, 0) is 54.2 Å². The van der Waals surface area contributed by atoms with Crippen molar-refractivity contribution in [3.63, 3.8) is 0 Å². The van der Waals surface area contributed by atoms with Crippen LogP contribution in [0.5, 0.6) is 0 Å². The van der Waals surface area contributed by atoms with Crippen LogP contribution in [0.4, 0.5) is 5.69 Å². The van der Waals surface area contributed by atoms with Crippen LogP contribution < -0.4 is 5.32 Å². The molecule has 0 aromatic heterocycles. The maximum atomic E-state index is 12.6. The molecule has 3 aromatic rings. The lowest BCUT2D eigenvalue weighted by Crippen LogP contribution is -2.21. The van der Waals surface area contributed by atoms with E-state index in [0.29, 0.717) is 17.2 Å². The van der Waals surface area contributed by atoms with Crippen molar-refractivity contribution in [3.05, 3.63) is 89.5 Å². The summed E-state index contributed by atoms with van der Waals surface area (Å²) in [6, 6.07) is 22.9. The largest absolute Gasteiger partial charge is 0.452 e.